The lowest BCUT2D eigenvalue weighted by Crippen LogP contribution is -2.08. The molecule has 0 amide bonds. The topological polar surface area (TPSA) is 16.3 Å². The molecule has 13 aromatic rings. The highest BCUT2D eigenvalue weighted by atomic mass is 32.1. The van der Waals surface area contributed by atoms with E-state index < -0.39 is 0 Å². The van der Waals surface area contributed by atoms with Crippen LogP contribution in [-0.2, 0) is 0 Å². The molecule has 13 rings (SSSR count). The number of fused-ring (bicyclic) bond motifs is 8. The van der Waals surface area contributed by atoms with Crippen molar-refractivity contribution >= 4 is 119 Å². The maximum Gasteiger partial charge on any atom is 0.103 e. The molecule has 314 valence electrons. The third kappa shape index (κ3) is 6.32. The summed E-state index contributed by atoms with van der Waals surface area (Å²) >= 11 is 3.73. The lowest BCUT2D eigenvalue weighted by Gasteiger charge is -2.23. The summed E-state index contributed by atoms with van der Waals surface area (Å²) in [6, 6.07) is 80.2. The SMILES string of the molecule is Cc1ccc(N(c2ccccc2)c2cc3c(s2)c2cc4c(cc2n3-c2ccc3ccccc3c2)c2sc(N(c3ccccc3)c3ccc(C)cc3)cc2n4-c2ccc3ccccc3c2)cc1. The largest absolute Gasteiger partial charge is 0.308 e. The first kappa shape index (κ1) is 38.5. The highest BCUT2D eigenvalue weighted by Gasteiger charge is 2.26. The quantitative estimate of drug-likeness (QED) is 0.151. The monoisotopic (exact) mass is 882 g/mol. The van der Waals surface area contributed by atoms with Crippen LogP contribution >= 0.6 is 22.7 Å². The summed E-state index contributed by atoms with van der Waals surface area (Å²) in [7, 11) is 0. The zero-order valence-corrected chi connectivity index (χ0v) is 38.0. The van der Waals surface area contributed by atoms with Gasteiger partial charge in [-0.25, -0.2) is 0 Å². The Hall–Kier alpha value is -7.90. The van der Waals surface area contributed by atoms with Crippen molar-refractivity contribution in [1.82, 2.24) is 9.13 Å². The molecule has 0 spiro atoms. The van der Waals surface area contributed by atoms with Crippen LogP contribution in [0.2, 0.25) is 0 Å². The van der Waals surface area contributed by atoms with Crippen molar-refractivity contribution < 1.29 is 0 Å². The molecule has 66 heavy (non-hydrogen) atoms. The summed E-state index contributed by atoms with van der Waals surface area (Å²) in [5.74, 6) is 0. The lowest BCUT2D eigenvalue weighted by atomic mass is 10.1. The normalized spacial score (nSPS) is 11.8. The summed E-state index contributed by atoms with van der Waals surface area (Å²) in [4.78, 5) is 4.81. The van der Waals surface area contributed by atoms with E-state index in [0.717, 1.165) is 34.1 Å². The average molecular weight is 883 g/mol. The Bertz CT molecular complexity index is 3690. The molecule has 0 unspecified atom stereocenters. The van der Waals surface area contributed by atoms with Crippen LogP contribution in [0.25, 0.3) is 75.2 Å². The first-order chi connectivity index (χ1) is 32.5. The van der Waals surface area contributed by atoms with Crippen LogP contribution in [0.15, 0.2) is 218 Å². The van der Waals surface area contributed by atoms with E-state index in [2.05, 4.69) is 251 Å². The van der Waals surface area contributed by atoms with E-state index >= 15 is 0 Å². The second-order valence-electron chi connectivity index (χ2n) is 17.2. The number of para-hydroxylation sites is 2. The predicted molar refractivity (Wildman–Crippen MR) is 285 cm³/mol. The Kier molecular flexibility index (Phi) is 8.98. The molecule has 0 saturated heterocycles. The number of aryl methyl sites for hydroxylation is 2. The van der Waals surface area contributed by atoms with Gasteiger partial charge >= 0.3 is 0 Å². The number of aromatic nitrogens is 2. The molecular formula is C60H42N4S2. The molecule has 0 atom stereocenters. The van der Waals surface area contributed by atoms with Crippen LogP contribution in [0.5, 0.6) is 0 Å². The number of hydrogen-bond acceptors (Lipinski definition) is 4. The minimum Gasteiger partial charge on any atom is -0.308 e. The fourth-order valence-corrected chi connectivity index (χ4v) is 12.2. The molecule has 4 heterocycles. The predicted octanol–water partition coefficient (Wildman–Crippen LogP) is 17.9. The van der Waals surface area contributed by atoms with Gasteiger partial charge in [0.05, 0.1) is 31.5 Å². The second kappa shape index (κ2) is 15.4. The second-order valence-corrected chi connectivity index (χ2v) is 19.3. The van der Waals surface area contributed by atoms with Crippen LogP contribution in [0.1, 0.15) is 11.1 Å². The number of rotatable bonds is 8. The van der Waals surface area contributed by atoms with Crippen LogP contribution in [0.3, 0.4) is 0 Å². The van der Waals surface area contributed by atoms with Crippen molar-refractivity contribution in [2.24, 2.45) is 0 Å². The van der Waals surface area contributed by atoms with E-state index in [-0.39, 0.29) is 0 Å². The fraction of sp³-hybridized carbons (Fsp3) is 0.0333. The number of benzene rings is 9. The summed E-state index contributed by atoms with van der Waals surface area (Å²) in [6.45, 7) is 4.30. The number of thiophene rings is 2. The summed E-state index contributed by atoms with van der Waals surface area (Å²) in [6.07, 6.45) is 0. The Morgan fingerprint density at radius 3 is 1.09 bits per heavy atom. The molecule has 0 radical (unpaired) electrons. The number of hydrogen-bond donors (Lipinski definition) is 0. The van der Waals surface area contributed by atoms with E-state index in [1.807, 2.05) is 22.7 Å². The number of anilines is 6. The van der Waals surface area contributed by atoms with Crippen molar-refractivity contribution in [2.75, 3.05) is 9.80 Å². The van der Waals surface area contributed by atoms with E-state index in [1.165, 1.54) is 84.9 Å². The van der Waals surface area contributed by atoms with Crippen LogP contribution in [-0.4, -0.2) is 9.13 Å². The summed E-state index contributed by atoms with van der Waals surface area (Å²) in [5, 5.41) is 9.70. The Morgan fingerprint density at radius 2 is 0.682 bits per heavy atom. The molecule has 0 aliphatic rings. The first-order valence-electron chi connectivity index (χ1n) is 22.4. The third-order valence-corrected chi connectivity index (χ3v) is 15.3. The van der Waals surface area contributed by atoms with Crippen molar-refractivity contribution in [3.05, 3.63) is 230 Å². The van der Waals surface area contributed by atoms with Crippen LogP contribution in [0.4, 0.5) is 32.8 Å². The number of nitrogens with zero attached hydrogens (tertiary/aromatic N) is 4. The van der Waals surface area contributed by atoms with Gasteiger partial charge in [0, 0.05) is 44.9 Å². The minimum absolute atomic E-state index is 1.13. The van der Waals surface area contributed by atoms with Crippen molar-refractivity contribution in [1.29, 1.82) is 0 Å². The Labute approximate surface area is 390 Å². The first-order valence-corrected chi connectivity index (χ1v) is 24.0. The molecule has 0 N–H and O–H groups in total. The molecule has 9 aromatic carbocycles. The standard InChI is InChI=1S/C60H42N4S2/c1-39-21-27-47(28-22-39)61(45-17-5-3-6-18-45)57-37-55-59(65-57)51-35-54-52(36-53(51)63(55)49-31-25-41-13-9-11-15-43(41)33-49)60-56(64(54)50-32-26-42-14-10-12-16-44(42)34-50)38-58(66-60)62(46-19-7-4-8-20-46)48-29-23-40(2)24-30-48/h3-38H,1-2H3. The zero-order chi connectivity index (χ0) is 43.9. The van der Waals surface area contributed by atoms with Gasteiger partial charge in [0.1, 0.15) is 10.0 Å². The molecular weight excluding hydrogens is 841 g/mol. The summed E-state index contributed by atoms with van der Waals surface area (Å²) < 4.78 is 7.53. The van der Waals surface area contributed by atoms with Gasteiger partial charge in [0.25, 0.3) is 0 Å². The van der Waals surface area contributed by atoms with Gasteiger partial charge in [0.2, 0.25) is 0 Å². The molecule has 6 heteroatoms. The van der Waals surface area contributed by atoms with Crippen molar-refractivity contribution in [3.8, 4) is 11.4 Å². The smallest absolute Gasteiger partial charge is 0.103 e. The van der Waals surface area contributed by atoms with E-state index in [9.17, 15) is 0 Å². The van der Waals surface area contributed by atoms with Gasteiger partial charge in [-0.05, 0) is 132 Å². The van der Waals surface area contributed by atoms with Gasteiger partial charge in [-0.3, -0.25) is 0 Å². The van der Waals surface area contributed by atoms with Crippen LogP contribution in [0, 0.1) is 13.8 Å². The van der Waals surface area contributed by atoms with Gasteiger partial charge in [-0.15, -0.1) is 22.7 Å². The maximum absolute atomic E-state index is 2.51. The van der Waals surface area contributed by atoms with Crippen molar-refractivity contribution in [3.63, 3.8) is 0 Å². The molecule has 0 aliphatic carbocycles. The van der Waals surface area contributed by atoms with Gasteiger partial charge in [0.15, 0.2) is 0 Å². The van der Waals surface area contributed by atoms with E-state index in [1.54, 1.807) is 0 Å². The van der Waals surface area contributed by atoms with Gasteiger partial charge in [-0.2, -0.15) is 0 Å². The van der Waals surface area contributed by atoms with Crippen molar-refractivity contribution in [2.45, 2.75) is 13.8 Å². The highest BCUT2D eigenvalue weighted by molar-refractivity contribution is 7.24. The molecule has 0 aliphatic heterocycles. The minimum atomic E-state index is 1.13. The van der Waals surface area contributed by atoms with Gasteiger partial charge in [-0.1, -0.05) is 132 Å². The lowest BCUT2D eigenvalue weighted by molar-refractivity contribution is 1.18. The van der Waals surface area contributed by atoms with Crippen LogP contribution < -0.4 is 9.80 Å². The molecule has 0 fully saturated rings. The van der Waals surface area contributed by atoms with E-state index in [4.69, 9.17) is 0 Å². The molecule has 4 nitrogen and oxygen atoms in total. The Balaban J connectivity index is 1.12. The fourth-order valence-electron chi connectivity index (χ4n) is 9.78. The molecule has 0 bridgehead atoms. The third-order valence-electron chi connectivity index (χ3n) is 13.0. The van der Waals surface area contributed by atoms with Gasteiger partial charge < -0.3 is 18.9 Å². The average Bonchev–Trinajstić information content (AvgIpc) is 4.12. The molecule has 4 aromatic heterocycles. The Morgan fingerprint density at radius 1 is 0.318 bits per heavy atom. The summed E-state index contributed by atoms with van der Waals surface area (Å²) in [5.41, 5.74) is 14.1. The zero-order valence-electron chi connectivity index (χ0n) is 36.4. The maximum atomic E-state index is 2.51. The highest BCUT2D eigenvalue weighted by Crippen LogP contribution is 2.50. The van der Waals surface area contributed by atoms with E-state index in [0.29, 0.717) is 0 Å². The molecule has 0 saturated carbocycles.